The lowest BCUT2D eigenvalue weighted by molar-refractivity contribution is 0.154. The molecule has 2 rings (SSSR count). The summed E-state index contributed by atoms with van der Waals surface area (Å²) in [4.78, 5) is 0. The molecule has 1 aliphatic rings. The van der Waals surface area contributed by atoms with Crippen LogP contribution in [-0.2, 0) is 0 Å². The summed E-state index contributed by atoms with van der Waals surface area (Å²) >= 11 is 0. The minimum absolute atomic E-state index is 0.514. The van der Waals surface area contributed by atoms with E-state index in [-0.39, 0.29) is 0 Å². The van der Waals surface area contributed by atoms with Crippen molar-refractivity contribution in [1.29, 1.82) is 0 Å². The number of aryl methyl sites for hydroxylation is 2. The summed E-state index contributed by atoms with van der Waals surface area (Å²) in [5, 5.41) is 13.3. The topological polar surface area (TPSA) is 41.5 Å². The van der Waals surface area contributed by atoms with Gasteiger partial charge in [0.15, 0.2) is 0 Å². The Hall–Kier alpha value is -1.06. The number of benzene rings is 1. The Kier molecular flexibility index (Phi) is 4.83. The number of aliphatic hydroxyl groups excluding tert-OH is 1. The van der Waals surface area contributed by atoms with Gasteiger partial charge in [0.2, 0.25) is 0 Å². The Morgan fingerprint density at radius 1 is 1.37 bits per heavy atom. The zero-order valence-electron chi connectivity index (χ0n) is 12.2. The van der Waals surface area contributed by atoms with Crippen molar-refractivity contribution in [2.24, 2.45) is 5.92 Å². The van der Waals surface area contributed by atoms with Gasteiger partial charge in [-0.3, -0.25) is 0 Å². The van der Waals surface area contributed by atoms with E-state index in [9.17, 15) is 5.11 Å². The Bertz CT molecular complexity index is 427. The van der Waals surface area contributed by atoms with Crippen molar-refractivity contribution >= 4 is 0 Å². The quantitative estimate of drug-likeness (QED) is 0.829. The predicted molar refractivity (Wildman–Crippen MR) is 77.6 cm³/mol. The van der Waals surface area contributed by atoms with Crippen LogP contribution in [-0.4, -0.2) is 25.3 Å². The fourth-order valence-corrected chi connectivity index (χ4v) is 2.60. The molecule has 2 N–H and O–H groups in total. The van der Waals surface area contributed by atoms with Gasteiger partial charge >= 0.3 is 0 Å². The first-order valence-corrected chi connectivity index (χ1v) is 7.18. The SMILES string of the molecule is CNCC(O)c1cc(C)cc(C)c1OCC1CCC1. The van der Waals surface area contributed by atoms with Crippen molar-refractivity contribution in [3.63, 3.8) is 0 Å². The molecule has 0 amide bonds. The van der Waals surface area contributed by atoms with E-state index in [1.807, 2.05) is 13.1 Å². The average Bonchev–Trinajstić information content (AvgIpc) is 2.29. The highest BCUT2D eigenvalue weighted by Gasteiger charge is 2.21. The van der Waals surface area contributed by atoms with Crippen molar-refractivity contribution in [3.05, 3.63) is 28.8 Å². The Labute approximate surface area is 116 Å². The smallest absolute Gasteiger partial charge is 0.128 e. The van der Waals surface area contributed by atoms with E-state index in [1.165, 1.54) is 24.8 Å². The van der Waals surface area contributed by atoms with E-state index < -0.39 is 6.10 Å². The van der Waals surface area contributed by atoms with Gasteiger partial charge in [0.1, 0.15) is 5.75 Å². The second-order valence-electron chi connectivity index (χ2n) is 5.68. The normalized spacial score (nSPS) is 17.1. The molecule has 0 aliphatic heterocycles. The molecule has 1 aliphatic carbocycles. The monoisotopic (exact) mass is 263 g/mol. The molecule has 3 heteroatoms. The predicted octanol–water partition coefficient (Wildman–Crippen LogP) is 2.74. The number of rotatable bonds is 6. The van der Waals surface area contributed by atoms with Crippen LogP contribution < -0.4 is 10.1 Å². The lowest BCUT2D eigenvalue weighted by Crippen LogP contribution is -2.22. The third-order valence-corrected chi connectivity index (χ3v) is 3.89. The van der Waals surface area contributed by atoms with Crippen LogP contribution in [0.5, 0.6) is 5.75 Å². The molecule has 19 heavy (non-hydrogen) atoms. The molecule has 0 spiro atoms. The molecule has 1 atom stereocenters. The van der Waals surface area contributed by atoms with Crippen LogP contribution in [0, 0.1) is 19.8 Å². The molecule has 1 saturated carbocycles. The average molecular weight is 263 g/mol. The van der Waals surface area contributed by atoms with Gasteiger partial charge in [-0.05, 0) is 51.3 Å². The molecular weight excluding hydrogens is 238 g/mol. The molecule has 1 aromatic rings. The van der Waals surface area contributed by atoms with Crippen molar-refractivity contribution in [2.45, 2.75) is 39.2 Å². The molecule has 0 radical (unpaired) electrons. The molecule has 0 aromatic heterocycles. The third kappa shape index (κ3) is 3.48. The molecule has 3 nitrogen and oxygen atoms in total. The number of nitrogens with one attached hydrogen (secondary N) is 1. The number of ether oxygens (including phenoxy) is 1. The molecule has 1 unspecified atom stereocenters. The molecule has 0 saturated heterocycles. The van der Waals surface area contributed by atoms with Crippen LogP contribution in [0.4, 0.5) is 0 Å². The van der Waals surface area contributed by atoms with Gasteiger partial charge in [-0.2, -0.15) is 0 Å². The van der Waals surface area contributed by atoms with Gasteiger partial charge in [0, 0.05) is 12.1 Å². The zero-order valence-corrected chi connectivity index (χ0v) is 12.2. The largest absolute Gasteiger partial charge is 0.493 e. The maximum absolute atomic E-state index is 10.2. The molecule has 1 fully saturated rings. The van der Waals surface area contributed by atoms with E-state index in [2.05, 4.69) is 25.2 Å². The molecule has 1 aromatic carbocycles. The lowest BCUT2D eigenvalue weighted by Gasteiger charge is -2.27. The van der Waals surface area contributed by atoms with Gasteiger partial charge in [-0.1, -0.05) is 18.1 Å². The van der Waals surface area contributed by atoms with Crippen LogP contribution in [0.15, 0.2) is 12.1 Å². The Morgan fingerprint density at radius 2 is 2.11 bits per heavy atom. The third-order valence-electron chi connectivity index (χ3n) is 3.89. The second-order valence-corrected chi connectivity index (χ2v) is 5.68. The Balaban J connectivity index is 2.17. The van der Waals surface area contributed by atoms with E-state index in [0.717, 1.165) is 23.5 Å². The Morgan fingerprint density at radius 3 is 2.68 bits per heavy atom. The van der Waals surface area contributed by atoms with Gasteiger partial charge in [-0.25, -0.2) is 0 Å². The number of likely N-dealkylation sites (N-methyl/N-ethyl adjacent to an activating group) is 1. The van der Waals surface area contributed by atoms with Crippen molar-refractivity contribution < 1.29 is 9.84 Å². The van der Waals surface area contributed by atoms with E-state index in [0.29, 0.717) is 12.5 Å². The van der Waals surface area contributed by atoms with Gasteiger partial charge in [-0.15, -0.1) is 0 Å². The van der Waals surface area contributed by atoms with Crippen molar-refractivity contribution in [3.8, 4) is 5.75 Å². The standard InChI is InChI=1S/C16H25NO2/c1-11-7-12(2)16(19-10-13-5-4-6-13)14(8-11)15(18)9-17-3/h7-8,13,15,17-18H,4-6,9-10H2,1-3H3. The minimum atomic E-state index is -0.514. The highest BCUT2D eigenvalue weighted by molar-refractivity contribution is 5.45. The summed E-state index contributed by atoms with van der Waals surface area (Å²) in [5.41, 5.74) is 3.19. The highest BCUT2D eigenvalue weighted by Crippen LogP contribution is 2.33. The first-order chi connectivity index (χ1) is 9.11. The highest BCUT2D eigenvalue weighted by atomic mass is 16.5. The van der Waals surface area contributed by atoms with Crippen molar-refractivity contribution in [1.82, 2.24) is 5.32 Å². The van der Waals surface area contributed by atoms with Crippen LogP contribution in [0.1, 0.15) is 42.1 Å². The van der Waals surface area contributed by atoms with Crippen LogP contribution in [0.25, 0.3) is 0 Å². The summed E-state index contributed by atoms with van der Waals surface area (Å²) in [6, 6.07) is 4.15. The van der Waals surface area contributed by atoms with Crippen molar-refractivity contribution in [2.75, 3.05) is 20.2 Å². The maximum Gasteiger partial charge on any atom is 0.128 e. The first-order valence-electron chi connectivity index (χ1n) is 7.18. The second kappa shape index (κ2) is 6.40. The van der Waals surface area contributed by atoms with Crippen LogP contribution >= 0.6 is 0 Å². The number of hydrogen-bond acceptors (Lipinski definition) is 3. The maximum atomic E-state index is 10.2. The zero-order chi connectivity index (χ0) is 13.8. The van der Waals surface area contributed by atoms with Crippen LogP contribution in [0.3, 0.4) is 0 Å². The van der Waals surface area contributed by atoms with E-state index in [4.69, 9.17) is 4.74 Å². The number of aliphatic hydroxyl groups is 1. The van der Waals surface area contributed by atoms with E-state index in [1.54, 1.807) is 0 Å². The fourth-order valence-electron chi connectivity index (χ4n) is 2.60. The molecule has 0 bridgehead atoms. The summed E-state index contributed by atoms with van der Waals surface area (Å²) in [5.74, 6) is 1.58. The van der Waals surface area contributed by atoms with Gasteiger partial charge in [0.05, 0.1) is 12.7 Å². The summed E-state index contributed by atoms with van der Waals surface area (Å²) in [6.45, 7) is 5.43. The fraction of sp³-hybridized carbons (Fsp3) is 0.625. The first kappa shape index (κ1) is 14.4. The number of hydrogen-bond donors (Lipinski definition) is 2. The molecule has 106 valence electrons. The van der Waals surface area contributed by atoms with Crippen LogP contribution in [0.2, 0.25) is 0 Å². The van der Waals surface area contributed by atoms with Gasteiger partial charge in [0.25, 0.3) is 0 Å². The summed E-state index contributed by atoms with van der Waals surface area (Å²) < 4.78 is 6.01. The molecule has 0 heterocycles. The summed E-state index contributed by atoms with van der Waals surface area (Å²) in [7, 11) is 1.85. The van der Waals surface area contributed by atoms with E-state index >= 15 is 0 Å². The minimum Gasteiger partial charge on any atom is -0.493 e. The molecular formula is C16H25NO2. The van der Waals surface area contributed by atoms with Gasteiger partial charge < -0.3 is 15.2 Å². The lowest BCUT2D eigenvalue weighted by atomic mass is 9.86. The summed E-state index contributed by atoms with van der Waals surface area (Å²) in [6.07, 6.45) is 3.37.